The smallest absolute Gasteiger partial charge is 0.153 e. The third-order valence-electron chi connectivity index (χ3n) is 3.02. The largest absolute Gasteiger partial charge is 0.298 e. The standard InChI is InChI=1S/C14H13N5O/c1-10-12(8-18(2)16-10)14-11(9-20)7-19(17-14)13-5-3-4-6-15-13/h3-9H,1-2H3. The summed E-state index contributed by atoms with van der Waals surface area (Å²) in [5.74, 6) is 0.670. The van der Waals surface area contributed by atoms with Crippen molar-refractivity contribution in [1.29, 1.82) is 0 Å². The maximum atomic E-state index is 11.3. The molecule has 0 saturated carbocycles. The first-order valence-electron chi connectivity index (χ1n) is 6.16. The molecule has 3 rings (SSSR count). The second-order valence-electron chi connectivity index (χ2n) is 4.49. The van der Waals surface area contributed by atoms with Crippen molar-refractivity contribution in [3.8, 4) is 17.1 Å². The molecule has 20 heavy (non-hydrogen) atoms. The van der Waals surface area contributed by atoms with E-state index in [4.69, 9.17) is 0 Å². The van der Waals surface area contributed by atoms with E-state index in [9.17, 15) is 4.79 Å². The van der Waals surface area contributed by atoms with E-state index in [1.807, 2.05) is 38.4 Å². The molecule has 3 aromatic rings. The zero-order valence-electron chi connectivity index (χ0n) is 11.2. The number of aromatic nitrogens is 5. The van der Waals surface area contributed by atoms with E-state index < -0.39 is 0 Å². The van der Waals surface area contributed by atoms with Crippen molar-refractivity contribution in [2.45, 2.75) is 6.92 Å². The van der Waals surface area contributed by atoms with Gasteiger partial charge in [-0.1, -0.05) is 6.07 Å². The first kappa shape index (κ1) is 12.3. The lowest BCUT2D eigenvalue weighted by atomic mass is 10.1. The van der Waals surface area contributed by atoms with Crippen LogP contribution in [-0.2, 0) is 7.05 Å². The van der Waals surface area contributed by atoms with Gasteiger partial charge >= 0.3 is 0 Å². The SMILES string of the molecule is Cc1nn(C)cc1-c1nn(-c2ccccn2)cc1C=O. The summed E-state index contributed by atoms with van der Waals surface area (Å²) in [6, 6.07) is 5.54. The van der Waals surface area contributed by atoms with Crippen LogP contribution in [0, 0.1) is 6.92 Å². The Kier molecular flexibility index (Phi) is 2.90. The van der Waals surface area contributed by atoms with Crippen molar-refractivity contribution in [2.24, 2.45) is 7.05 Å². The molecule has 0 amide bonds. The Labute approximate surface area is 115 Å². The van der Waals surface area contributed by atoms with Gasteiger partial charge in [0.1, 0.15) is 5.69 Å². The lowest BCUT2D eigenvalue weighted by molar-refractivity contribution is 0.112. The van der Waals surface area contributed by atoms with Crippen LogP contribution < -0.4 is 0 Å². The predicted octanol–water partition coefficient (Wildman–Crippen LogP) is 1.79. The molecule has 0 N–H and O–H groups in total. The molecule has 0 aliphatic rings. The Morgan fingerprint density at radius 2 is 2.05 bits per heavy atom. The fraction of sp³-hybridized carbons (Fsp3) is 0.143. The molecule has 0 aliphatic heterocycles. The molecule has 0 atom stereocenters. The number of carbonyl (C=O) groups excluding carboxylic acids is 1. The lowest BCUT2D eigenvalue weighted by Gasteiger charge is -1.98. The van der Waals surface area contributed by atoms with Crippen molar-refractivity contribution >= 4 is 6.29 Å². The Morgan fingerprint density at radius 3 is 2.65 bits per heavy atom. The van der Waals surface area contributed by atoms with Crippen LogP contribution in [0.1, 0.15) is 16.1 Å². The van der Waals surface area contributed by atoms with Crippen LogP contribution in [-0.4, -0.2) is 30.8 Å². The second kappa shape index (κ2) is 4.73. The summed E-state index contributed by atoms with van der Waals surface area (Å²) in [4.78, 5) is 15.5. The molecule has 0 bridgehead atoms. The molecule has 0 aromatic carbocycles. The molecule has 3 heterocycles. The molecule has 6 heteroatoms. The molecule has 3 aromatic heterocycles. The number of hydrogen-bond acceptors (Lipinski definition) is 4. The maximum Gasteiger partial charge on any atom is 0.153 e. The minimum absolute atomic E-state index is 0.520. The minimum atomic E-state index is 0.520. The Balaban J connectivity index is 2.15. The van der Waals surface area contributed by atoms with Crippen molar-refractivity contribution in [3.63, 3.8) is 0 Å². The first-order chi connectivity index (χ1) is 9.69. The summed E-state index contributed by atoms with van der Waals surface area (Å²) in [7, 11) is 1.84. The zero-order valence-corrected chi connectivity index (χ0v) is 11.2. The molecule has 6 nitrogen and oxygen atoms in total. The highest BCUT2D eigenvalue weighted by atomic mass is 16.1. The number of hydrogen-bond donors (Lipinski definition) is 0. The number of rotatable bonds is 3. The van der Waals surface area contributed by atoms with E-state index in [0.717, 1.165) is 17.5 Å². The van der Waals surface area contributed by atoms with Crippen LogP contribution in [0.25, 0.3) is 17.1 Å². The highest BCUT2D eigenvalue weighted by Crippen LogP contribution is 2.24. The summed E-state index contributed by atoms with van der Waals surface area (Å²) >= 11 is 0. The normalized spacial score (nSPS) is 10.7. The molecular formula is C14H13N5O. The van der Waals surface area contributed by atoms with Crippen LogP contribution in [0.5, 0.6) is 0 Å². The van der Waals surface area contributed by atoms with E-state index in [-0.39, 0.29) is 0 Å². The molecule has 0 unspecified atom stereocenters. The molecule has 0 aliphatic carbocycles. The fourth-order valence-electron chi connectivity index (χ4n) is 2.12. The van der Waals surface area contributed by atoms with E-state index in [1.54, 1.807) is 21.8 Å². The number of aryl methyl sites for hydroxylation is 2. The quantitative estimate of drug-likeness (QED) is 0.678. The van der Waals surface area contributed by atoms with Crippen molar-refractivity contribution < 1.29 is 4.79 Å². The highest BCUT2D eigenvalue weighted by molar-refractivity contribution is 5.86. The third-order valence-corrected chi connectivity index (χ3v) is 3.02. The minimum Gasteiger partial charge on any atom is -0.298 e. The molecular weight excluding hydrogens is 254 g/mol. The van der Waals surface area contributed by atoms with Crippen LogP contribution >= 0.6 is 0 Å². The first-order valence-corrected chi connectivity index (χ1v) is 6.16. The van der Waals surface area contributed by atoms with Crippen LogP contribution in [0.2, 0.25) is 0 Å². The number of pyridine rings is 1. The maximum absolute atomic E-state index is 11.3. The summed E-state index contributed by atoms with van der Waals surface area (Å²) in [5.41, 5.74) is 2.83. The number of carbonyl (C=O) groups is 1. The van der Waals surface area contributed by atoms with Gasteiger partial charge in [0.2, 0.25) is 0 Å². The number of nitrogens with zero attached hydrogens (tertiary/aromatic N) is 5. The average molecular weight is 267 g/mol. The van der Waals surface area contributed by atoms with Crippen LogP contribution in [0.4, 0.5) is 0 Å². The zero-order chi connectivity index (χ0) is 14.1. The van der Waals surface area contributed by atoms with Gasteiger partial charge < -0.3 is 0 Å². The van der Waals surface area contributed by atoms with E-state index in [0.29, 0.717) is 17.1 Å². The number of aldehydes is 1. The predicted molar refractivity (Wildman–Crippen MR) is 73.7 cm³/mol. The summed E-state index contributed by atoms with van der Waals surface area (Å²) in [6.45, 7) is 1.89. The average Bonchev–Trinajstić information content (AvgIpc) is 3.02. The molecule has 0 saturated heterocycles. The monoisotopic (exact) mass is 267 g/mol. The van der Waals surface area contributed by atoms with Gasteiger partial charge in [0.05, 0.1) is 11.3 Å². The van der Waals surface area contributed by atoms with Gasteiger partial charge in [-0.2, -0.15) is 10.2 Å². The van der Waals surface area contributed by atoms with Crippen molar-refractivity contribution in [3.05, 3.63) is 48.0 Å². The summed E-state index contributed by atoms with van der Waals surface area (Å²) in [6.07, 6.45) is 6.02. The van der Waals surface area contributed by atoms with Gasteiger partial charge in [-0.3, -0.25) is 9.48 Å². The second-order valence-corrected chi connectivity index (χ2v) is 4.49. The summed E-state index contributed by atoms with van der Waals surface area (Å²) < 4.78 is 3.31. The van der Waals surface area contributed by atoms with E-state index in [1.165, 1.54) is 0 Å². The van der Waals surface area contributed by atoms with Crippen molar-refractivity contribution in [2.75, 3.05) is 0 Å². The van der Waals surface area contributed by atoms with Gasteiger partial charge in [0.15, 0.2) is 12.1 Å². The Hall–Kier alpha value is -2.76. The van der Waals surface area contributed by atoms with Gasteiger partial charge in [0.25, 0.3) is 0 Å². The van der Waals surface area contributed by atoms with Gasteiger partial charge in [-0.15, -0.1) is 0 Å². The van der Waals surface area contributed by atoms with Crippen LogP contribution in [0.3, 0.4) is 0 Å². The third kappa shape index (κ3) is 2.01. The van der Waals surface area contributed by atoms with Gasteiger partial charge in [-0.25, -0.2) is 9.67 Å². The fourth-order valence-corrected chi connectivity index (χ4v) is 2.12. The molecule has 0 spiro atoms. The van der Waals surface area contributed by atoms with Gasteiger partial charge in [-0.05, 0) is 19.1 Å². The van der Waals surface area contributed by atoms with Gasteiger partial charge in [0, 0.05) is 31.2 Å². The lowest BCUT2D eigenvalue weighted by Crippen LogP contribution is -1.97. The van der Waals surface area contributed by atoms with Crippen LogP contribution in [0.15, 0.2) is 36.8 Å². The van der Waals surface area contributed by atoms with E-state index in [2.05, 4.69) is 15.2 Å². The highest BCUT2D eigenvalue weighted by Gasteiger charge is 2.16. The molecule has 100 valence electrons. The summed E-state index contributed by atoms with van der Waals surface area (Å²) in [5, 5.41) is 8.75. The van der Waals surface area contributed by atoms with Crippen molar-refractivity contribution in [1.82, 2.24) is 24.5 Å². The van der Waals surface area contributed by atoms with E-state index >= 15 is 0 Å². The molecule has 0 fully saturated rings. The Morgan fingerprint density at radius 1 is 1.20 bits per heavy atom. The topological polar surface area (TPSA) is 65.6 Å². The molecule has 0 radical (unpaired) electrons. The Bertz CT molecular complexity index is 757.